The third kappa shape index (κ3) is 6.50. The van der Waals surface area contributed by atoms with Crippen LogP contribution in [0.1, 0.15) is 23.5 Å². The van der Waals surface area contributed by atoms with Crippen LogP contribution in [0, 0.1) is 12.3 Å². The van der Waals surface area contributed by atoms with Gasteiger partial charge in [0.05, 0.1) is 25.2 Å². The molecule has 2 aromatic carbocycles. The summed E-state index contributed by atoms with van der Waals surface area (Å²) < 4.78 is 44.3. The van der Waals surface area contributed by atoms with Crippen LogP contribution >= 0.6 is 0 Å². The minimum Gasteiger partial charge on any atom is -0.497 e. The minimum atomic E-state index is -3.87. The highest BCUT2D eigenvalue weighted by Gasteiger charge is 2.34. The number of aliphatic hydroxyl groups is 1. The van der Waals surface area contributed by atoms with Crippen molar-refractivity contribution in [2.75, 3.05) is 46.5 Å². The third-order valence-electron chi connectivity index (χ3n) is 6.20. The van der Waals surface area contributed by atoms with E-state index in [0.717, 1.165) is 15.4 Å². The molecule has 10 heteroatoms. The number of ether oxygens (including phenoxy) is 3. The van der Waals surface area contributed by atoms with Crippen molar-refractivity contribution < 1.29 is 32.5 Å². The lowest BCUT2D eigenvalue weighted by molar-refractivity contribution is -0.149. The van der Waals surface area contributed by atoms with Gasteiger partial charge in [-0.25, -0.2) is 8.42 Å². The predicted molar refractivity (Wildman–Crippen MR) is 136 cm³/mol. The molecule has 9 nitrogen and oxygen atoms in total. The zero-order chi connectivity index (χ0) is 26.4. The number of hydrogen-bond donors (Lipinski definition) is 1. The Balaban J connectivity index is 1.44. The first-order valence-electron chi connectivity index (χ1n) is 12.0. The van der Waals surface area contributed by atoms with Gasteiger partial charge in [-0.05, 0) is 48.0 Å². The topological polar surface area (TPSA) is 105 Å². The molecule has 1 fully saturated rings. The summed E-state index contributed by atoms with van der Waals surface area (Å²) in [6.45, 7) is 0.940. The molecule has 4 rings (SSSR count). The Morgan fingerprint density at radius 1 is 1.16 bits per heavy atom. The average Bonchev–Trinajstić information content (AvgIpc) is 3.78. The third-order valence-corrected chi connectivity index (χ3v) is 8.11. The summed E-state index contributed by atoms with van der Waals surface area (Å²) in [7, 11) is -2.37. The number of benzene rings is 2. The quantitative estimate of drug-likeness (QED) is 0.352. The van der Waals surface area contributed by atoms with Gasteiger partial charge in [0.1, 0.15) is 5.75 Å². The first-order valence-corrected chi connectivity index (χ1v) is 13.4. The highest BCUT2D eigenvalue weighted by molar-refractivity contribution is 7.89. The molecule has 0 saturated carbocycles. The summed E-state index contributed by atoms with van der Waals surface area (Å²) in [4.78, 5) is 14.5. The molecule has 196 valence electrons. The number of carbonyl (C=O) groups excluding carboxylic acids is 1. The molecule has 0 spiro atoms. The average molecular weight is 527 g/mol. The highest BCUT2D eigenvalue weighted by atomic mass is 32.2. The van der Waals surface area contributed by atoms with Crippen molar-refractivity contribution in [1.82, 2.24) is 9.21 Å². The van der Waals surface area contributed by atoms with E-state index in [2.05, 4.69) is 5.92 Å². The predicted octanol–water partition coefficient (Wildman–Crippen LogP) is 1.93. The molecule has 0 unspecified atom stereocenters. The second-order valence-electron chi connectivity index (χ2n) is 8.65. The Bertz CT molecular complexity index is 1260. The van der Waals surface area contributed by atoms with Crippen molar-refractivity contribution in [3.8, 4) is 18.1 Å². The summed E-state index contributed by atoms with van der Waals surface area (Å²) in [5, 5.41) is 9.48. The number of hydrogen-bond acceptors (Lipinski definition) is 7. The molecule has 1 N–H and O–H groups in total. The number of sulfonamides is 1. The standard InChI is InChI=1S/C27H30N2O7S/c1-3-20-4-6-21(7-5-20)22-18-25(27(31)28-12-13-28)36-26(19-22)35-17-15-29(14-16-30)37(32,33)24-10-8-23(34-2)9-11-24/h1,4-11,18,22,26,30H,12-17,19H2,2H3/t22-,26+/m0/s1. The van der Waals surface area contributed by atoms with Crippen molar-refractivity contribution in [2.24, 2.45) is 0 Å². The maximum absolute atomic E-state index is 13.1. The Morgan fingerprint density at radius 3 is 2.46 bits per heavy atom. The monoisotopic (exact) mass is 526 g/mol. The maximum Gasteiger partial charge on any atom is 0.288 e. The summed E-state index contributed by atoms with van der Waals surface area (Å²) in [6.07, 6.45) is 6.96. The van der Waals surface area contributed by atoms with Crippen LogP contribution < -0.4 is 4.74 Å². The van der Waals surface area contributed by atoms with E-state index in [1.54, 1.807) is 23.1 Å². The molecule has 1 amide bonds. The molecule has 0 aliphatic carbocycles. The molecule has 2 aromatic rings. The molecule has 1 saturated heterocycles. The van der Waals surface area contributed by atoms with Crippen LogP contribution in [0.2, 0.25) is 0 Å². The van der Waals surface area contributed by atoms with E-state index in [4.69, 9.17) is 20.6 Å². The number of aliphatic hydroxyl groups excluding tert-OH is 1. The van der Waals surface area contributed by atoms with Gasteiger partial charge in [-0.1, -0.05) is 18.1 Å². The fourth-order valence-electron chi connectivity index (χ4n) is 4.03. The zero-order valence-corrected chi connectivity index (χ0v) is 21.4. The molecule has 2 aliphatic heterocycles. The Kier molecular flexibility index (Phi) is 8.51. The summed E-state index contributed by atoms with van der Waals surface area (Å²) in [5.74, 6) is 3.02. The fourth-order valence-corrected chi connectivity index (χ4v) is 5.44. The number of amides is 1. The number of rotatable bonds is 11. The molecular weight excluding hydrogens is 496 g/mol. The lowest BCUT2D eigenvalue weighted by Gasteiger charge is -2.30. The van der Waals surface area contributed by atoms with Gasteiger partial charge in [-0.2, -0.15) is 4.31 Å². The van der Waals surface area contributed by atoms with Crippen LogP contribution in [0.15, 0.2) is 65.3 Å². The van der Waals surface area contributed by atoms with Gasteiger partial charge in [0.15, 0.2) is 5.76 Å². The van der Waals surface area contributed by atoms with E-state index >= 15 is 0 Å². The summed E-state index contributed by atoms with van der Waals surface area (Å²) in [5.41, 5.74) is 1.73. The van der Waals surface area contributed by atoms with E-state index in [9.17, 15) is 18.3 Å². The lowest BCUT2D eigenvalue weighted by Crippen LogP contribution is -2.37. The van der Waals surface area contributed by atoms with Crippen molar-refractivity contribution in [3.05, 3.63) is 71.5 Å². The SMILES string of the molecule is C#Cc1ccc([C@H]2C=C(C(=O)N3CC3)O[C@@H](OCCN(CCO)S(=O)(=O)c3ccc(OC)cc3)C2)cc1. The van der Waals surface area contributed by atoms with Gasteiger partial charge in [0.2, 0.25) is 16.3 Å². The highest BCUT2D eigenvalue weighted by Crippen LogP contribution is 2.33. The molecule has 2 aliphatic rings. The number of methoxy groups -OCH3 is 1. The summed E-state index contributed by atoms with van der Waals surface area (Å²) in [6, 6.07) is 13.6. The minimum absolute atomic E-state index is 0.00453. The molecular formula is C27H30N2O7S. The van der Waals surface area contributed by atoms with Crippen LogP contribution in [0.4, 0.5) is 0 Å². The van der Waals surface area contributed by atoms with Crippen LogP contribution in [0.5, 0.6) is 5.75 Å². The lowest BCUT2D eigenvalue weighted by atomic mass is 9.92. The zero-order valence-electron chi connectivity index (χ0n) is 20.6. The van der Waals surface area contributed by atoms with Gasteiger partial charge in [0, 0.05) is 44.1 Å². The Hall–Kier alpha value is -3.36. The molecule has 0 radical (unpaired) electrons. The molecule has 0 bridgehead atoms. The molecule has 2 atom stereocenters. The fraction of sp³-hybridized carbons (Fsp3) is 0.370. The van der Waals surface area contributed by atoms with Gasteiger partial charge in [0.25, 0.3) is 5.91 Å². The number of terminal acetylenes is 1. The number of carbonyl (C=O) groups is 1. The van der Waals surface area contributed by atoms with E-state index in [-0.39, 0.29) is 48.8 Å². The second kappa shape index (κ2) is 11.8. The van der Waals surface area contributed by atoms with Crippen molar-refractivity contribution >= 4 is 15.9 Å². The van der Waals surface area contributed by atoms with Crippen molar-refractivity contribution in [1.29, 1.82) is 0 Å². The van der Waals surface area contributed by atoms with Gasteiger partial charge in [-0.15, -0.1) is 6.42 Å². The van der Waals surface area contributed by atoms with Crippen LogP contribution in [0.3, 0.4) is 0 Å². The first kappa shape index (κ1) is 26.7. The summed E-state index contributed by atoms with van der Waals surface area (Å²) >= 11 is 0. The van der Waals surface area contributed by atoms with E-state index < -0.39 is 16.3 Å². The van der Waals surface area contributed by atoms with Crippen LogP contribution in [-0.4, -0.2) is 81.4 Å². The van der Waals surface area contributed by atoms with Crippen LogP contribution in [0.25, 0.3) is 0 Å². The van der Waals surface area contributed by atoms with Crippen LogP contribution in [-0.2, 0) is 24.3 Å². The number of nitrogens with zero attached hydrogens (tertiary/aromatic N) is 2. The second-order valence-corrected chi connectivity index (χ2v) is 10.6. The molecule has 2 heterocycles. The molecule has 37 heavy (non-hydrogen) atoms. The van der Waals surface area contributed by atoms with E-state index in [1.807, 2.05) is 24.3 Å². The normalized spacial score (nSPS) is 19.1. The maximum atomic E-state index is 13.1. The van der Waals surface area contributed by atoms with E-state index in [1.165, 1.54) is 19.2 Å². The Labute approximate surface area is 217 Å². The first-order chi connectivity index (χ1) is 17.8. The van der Waals surface area contributed by atoms with Crippen molar-refractivity contribution in [2.45, 2.75) is 23.5 Å². The van der Waals surface area contributed by atoms with Crippen molar-refractivity contribution in [3.63, 3.8) is 0 Å². The van der Waals surface area contributed by atoms with Gasteiger partial charge < -0.3 is 24.2 Å². The largest absolute Gasteiger partial charge is 0.497 e. The Morgan fingerprint density at radius 2 is 1.86 bits per heavy atom. The molecule has 0 aromatic heterocycles. The van der Waals surface area contributed by atoms with E-state index in [0.29, 0.717) is 25.3 Å². The van der Waals surface area contributed by atoms with Gasteiger partial charge in [-0.3, -0.25) is 4.79 Å². The number of allylic oxidation sites excluding steroid dienone is 1. The smallest absolute Gasteiger partial charge is 0.288 e. The van der Waals surface area contributed by atoms with Gasteiger partial charge >= 0.3 is 0 Å².